The number of fused-ring (bicyclic) bond motifs is 1. The lowest BCUT2D eigenvalue weighted by Crippen LogP contribution is -2.40. The highest BCUT2D eigenvalue weighted by Crippen LogP contribution is 2.39. The molecule has 0 saturated carbocycles. The van der Waals surface area contributed by atoms with E-state index in [-0.39, 0.29) is 24.2 Å². The van der Waals surface area contributed by atoms with E-state index in [0.717, 1.165) is 11.1 Å². The minimum Gasteiger partial charge on any atom is -0.459 e. The fourth-order valence-electron chi connectivity index (χ4n) is 2.89. The van der Waals surface area contributed by atoms with Gasteiger partial charge >= 0.3 is 5.97 Å². The van der Waals surface area contributed by atoms with Gasteiger partial charge in [-0.3, -0.25) is 19.3 Å². The summed E-state index contributed by atoms with van der Waals surface area (Å²) in [6.45, 7) is 1.72. The molecule has 0 radical (unpaired) electrons. The van der Waals surface area contributed by atoms with Crippen LogP contribution in [0.4, 0.5) is 0 Å². The predicted octanol–water partition coefficient (Wildman–Crippen LogP) is 1.53. The number of carbonyl (C=O) groups excluding carboxylic acids is 3. The van der Waals surface area contributed by atoms with Crippen molar-refractivity contribution in [3.8, 4) is 0 Å². The van der Waals surface area contributed by atoms with Crippen LogP contribution in [0.15, 0.2) is 36.4 Å². The lowest BCUT2D eigenvalue weighted by atomic mass is 10.1. The zero-order valence-electron chi connectivity index (χ0n) is 11.6. The monoisotopic (exact) mass is 285 g/mol. The lowest BCUT2D eigenvalue weighted by Gasteiger charge is -2.28. The second-order valence-electron chi connectivity index (χ2n) is 5.11. The normalized spacial score (nSPS) is 23.6. The van der Waals surface area contributed by atoms with Crippen molar-refractivity contribution in [2.45, 2.75) is 31.9 Å². The van der Waals surface area contributed by atoms with Gasteiger partial charge in [0.05, 0.1) is 0 Å². The van der Waals surface area contributed by atoms with E-state index in [0.29, 0.717) is 6.42 Å². The average Bonchev–Trinajstić information content (AvgIpc) is 2.99. The molecule has 5 nitrogen and oxygen atoms in total. The first kappa shape index (κ1) is 13.5. The fourth-order valence-corrected chi connectivity index (χ4v) is 2.89. The Morgan fingerprint density at radius 3 is 2.57 bits per heavy atom. The number of amides is 2. The summed E-state index contributed by atoms with van der Waals surface area (Å²) < 4.78 is 5.45. The average molecular weight is 285 g/mol. The number of rotatable bonds is 3. The van der Waals surface area contributed by atoms with Crippen LogP contribution in [0.3, 0.4) is 0 Å². The molecule has 0 bridgehead atoms. The number of ether oxygens (including phenoxy) is 1. The molecule has 0 saturated heterocycles. The van der Waals surface area contributed by atoms with Gasteiger partial charge in [0.1, 0.15) is 12.1 Å². The number of hydrogen-bond donors (Lipinski definition) is 0. The third-order valence-corrected chi connectivity index (χ3v) is 3.84. The second kappa shape index (κ2) is 5.16. The molecule has 2 atom stereocenters. The lowest BCUT2D eigenvalue weighted by molar-refractivity contribution is -0.157. The summed E-state index contributed by atoms with van der Waals surface area (Å²) in [5, 5.41) is 0. The molecule has 3 rings (SSSR count). The molecule has 5 heteroatoms. The highest BCUT2D eigenvalue weighted by atomic mass is 16.5. The van der Waals surface area contributed by atoms with Gasteiger partial charge < -0.3 is 4.74 Å². The molecule has 0 N–H and O–H groups in total. The molecule has 108 valence electrons. The largest absolute Gasteiger partial charge is 0.459 e. The second-order valence-corrected chi connectivity index (χ2v) is 5.11. The van der Waals surface area contributed by atoms with Gasteiger partial charge in [0, 0.05) is 25.0 Å². The number of carbonyl (C=O) groups is 3. The van der Waals surface area contributed by atoms with E-state index in [1.54, 1.807) is 6.92 Å². The molecule has 1 aromatic carbocycles. The molecule has 1 aliphatic carbocycles. The fraction of sp³-hybridized carbons (Fsp3) is 0.312. The zero-order valence-corrected chi connectivity index (χ0v) is 11.6. The van der Waals surface area contributed by atoms with E-state index in [1.165, 1.54) is 17.1 Å². The molecular weight excluding hydrogens is 270 g/mol. The van der Waals surface area contributed by atoms with E-state index >= 15 is 0 Å². The Morgan fingerprint density at radius 1 is 1.24 bits per heavy atom. The summed E-state index contributed by atoms with van der Waals surface area (Å²) in [5.74, 6) is -1.05. The Hall–Kier alpha value is -2.43. The van der Waals surface area contributed by atoms with E-state index in [4.69, 9.17) is 4.74 Å². The Bertz CT molecular complexity index is 631. The highest BCUT2D eigenvalue weighted by molar-refractivity contribution is 6.13. The summed E-state index contributed by atoms with van der Waals surface area (Å²) in [4.78, 5) is 36.7. The van der Waals surface area contributed by atoms with Crippen LogP contribution in [0.5, 0.6) is 0 Å². The molecule has 1 heterocycles. The van der Waals surface area contributed by atoms with Crippen molar-refractivity contribution < 1.29 is 19.1 Å². The van der Waals surface area contributed by atoms with Gasteiger partial charge in [-0.1, -0.05) is 31.2 Å². The molecule has 0 fully saturated rings. The van der Waals surface area contributed by atoms with Crippen LogP contribution in [-0.4, -0.2) is 28.8 Å². The van der Waals surface area contributed by atoms with Crippen LogP contribution in [0.25, 0.3) is 0 Å². The number of nitrogens with zero attached hydrogens (tertiary/aromatic N) is 1. The first-order valence-corrected chi connectivity index (χ1v) is 6.94. The summed E-state index contributed by atoms with van der Waals surface area (Å²) in [5.41, 5.74) is 1.88. The van der Waals surface area contributed by atoms with E-state index in [1.807, 2.05) is 24.3 Å². The van der Waals surface area contributed by atoms with Crippen molar-refractivity contribution >= 4 is 17.8 Å². The Morgan fingerprint density at radius 2 is 1.90 bits per heavy atom. The van der Waals surface area contributed by atoms with Gasteiger partial charge in [-0.15, -0.1) is 0 Å². The summed E-state index contributed by atoms with van der Waals surface area (Å²) in [6, 6.07) is 7.02. The van der Waals surface area contributed by atoms with Crippen molar-refractivity contribution in [3.63, 3.8) is 0 Å². The molecule has 1 aromatic rings. The van der Waals surface area contributed by atoms with Crippen LogP contribution >= 0.6 is 0 Å². The predicted molar refractivity (Wildman–Crippen MR) is 74.1 cm³/mol. The van der Waals surface area contributed by atoms with Crippen molar-refractivity contribution in [2.24, 2.45) is 0 Å². The number of benzene rings is 1. The highest BCUT2D eigenvalue weighted by Gasteiger charge is 2.44. The quantitative estimate of drug-likeness (QED) is 0.624. The smallest absolute Gasteiger partial charge is 0.305 e. The van der Waals surface area contributed by atoms with E-state index in [2.05, 4.69) is 0 Å². The first-order chi connectivity index (χ1) is 10.1. The Labute approximate surface area is 122 Å². The summed E-state index contributed by atoms with van der Waals surface area (Å²) in [7, 11) is 0. The number of hydrogen-bond acceptors (Lipinski definition) is 4. The molecule has 0 spiro atoms. The summed E-state index contributed by atoms with van der Waals surface area (Å²) in [6.07, 6.45) is 2.77. The van der Waals surface area contributed by atoms with Crippen LogP contribution in [0.2, 0.25) is 0 Å². The SMILES string of the molecule is CCC(=O)O[C@H]1Cc2ccccc2[C@@H]1N1C(=O)C=CC1=O. The van der Waals surface area contributed by atoms with Crippen LogP contribution in [0.1, 0.15) is 30.5 Å². The topological polar surface area (TPSA) is 63.7 Å². The number of esters is 1. The molecule has 1 aliphatic heterocycles. The van der Waals surface area contributed by atoms with Crippen LogP contribution < -0.4 is 0 Å². The minimum absolute atomic E-state index is 0.264. The number of imide groups is 1. The molecule has 0 unspecified atom stereocenters. The summed E-state index contributed by atoms with van der Waals surface area (Å²) >= 11 is 0. The molecular formula is C16H15NO4. The molecule has 0 aromatic heterocycles. The standard InChI is InChI=1S/C16H15NO4/c1-2-15(20)21-12-9-10-5-3-4-6-11(10)16(12)17-13(18)7-8-14(17)19/h3-8,12,16H,2,9H2,1H3/t12-,16-/m0/s1. The van der Waals surface area contributed by atoms with Crippen molar-refractivity contribution in [2.75, 3.05) is 0 Å². The van der Waals surface area contributed by atoms with Crippen molar-refractivity contribution in [1.82, 2.24) is 4.90 Å². The third-order valence-electron chi connectivity index (χ3n) is 3.84. The van der Waals surface area contributed by atoms with E-state index in [9.17, 15) is 14.4 Å². The third kappa shape index (κ3) is 2.24. The molecule has 21 heavy (non-hydrogen) atoms. The van der Waals surface area contributed by atoms with Gasteiger partial charge in [-0.2, -0.15) is 0 Å². The maximum Gasteiger partial charge on any atom is 0.305 e. The van der Waals surface area contributed by atoms with Crippen LogP contribution in [-0.2, 0) is 25.5 Å². The van der Waals surface area contributed by atoms with Gasteiger partial charge in [0.25, 0.3) is 11.8 Å². The Balaban J connectivity index is 1.97. The minimum atomic E-state index is -0.535. The molecule has 2 amide bonds. The van der Waals surface area contributed by atoms with Gasteiger partial charge in [0.15, 0.2) is 0 Å². The van der Waals surface area contributed by atoms with Crippen molar-refractivity contribution in [3.05, 3.63) is 47.5 Å². The Kier molecular flexibility index (Phi) is 3.33. The van der Waals surface area contributed by atoms with Gasteiger partial charge in [-0.25, -0.2) is 0 Å². The van der Waals surface area contributed by atoms with Gasteiger partial charge in [-0.05, 0) is 11.1 Å². The molecule has 2 aliphatic rings. The maximum absolute atomic E-state index is 12.0. The van der Waals surface area contributed by atoms with Gasteiger partial charge in [0.2, 0.25) is 0 Å². The van der Waals surface area contributed by atoms with Crippen LogP contribution in [0, 0.1) is 0 Å². The van der Waals surface area contributed by atoms with E-state index < -0.39 is 12.1 Å². The maximum atomic E-state index is 12.0. The first-order valence-electron chi connectivity index (χ1n) is 6.94. The van der Waals surface area contributed by atoms with Crippen molar-refractivity contribution in [1.29, 1.82) is 0 Å². The zero-order chi connectivity index (χ0) is 15.0.